The van der Waals surface area contributed by atoms with Gasteiger partial charge in [0.15, 0.2) is 6.61 Å². The van der Waals surface area contributed by atoms with Gasteiger partial charge in [-0.2, -0.15) is 5.10 Å². The molecule has 3 aromatic carbocycles. The Morgan fingerprint density at radius 1 is 1.00 bits per heavy atom. The number of hydrazone groups is 1. The zero-order chi connectivity index (χ0) is 26.1. The molecule has 3 aromatic rings. The van der Waals surface area contributed by atoms with Crippen LogP contribution in [0.25, 0.3) is 0 Å². The summed E-state index contributed by atoms with van der Waals surface area (Å²) in [6, 6.07) is 20.1. The number of carbonyl (C=O) groups excluding carboxylic acids is 2. The summed E-state index contributed by atoms with van der Waals surface area (Å²) in [6.45, 7) is 2.93. The summed E-state index contributed by atoms with van der Waals surface area (Å²) in [7, 11) is -2.75. The van der Waals surface area contributed by atoms with Crippen molar-refractivity contribution in [3.63, 3.8) is 0 Å². The van der Waals surface area contributed by atoms with E-state index >= 15 is 0 Å². The highest BCUT2D eigenvalue weighted by molar-refractivity contribution is 7.92. The molecule has 188 valence electrons. The van der Waals surface area contributed by atoms with Crippen molar-refractivity contribution in [3.05, 3.63) is 89.5 Å². The molecule has 9 nitrogen and oxygen atoms in total. The first-order chi connectivity index (χ1) is 17.2. The van der Waals surface area contributed by atoms with Crippen LogP contribution in [-0.2, 0) is 24.3 Å². The first kappa shape index (κ1) is 26.4. The zero-order valence-corrected chi connectivity index (χ0v) is 21.0. The molecule has 0 aromatic heterocycles. The van der Waals surface area contributed by atoms with Gasteiger partial charge in [0, 0.05) is 0 Å². The second-order valence-corrected chi connectivity index (χ2v) is 9.71. The van der Waals surface area contributed by atoms with E-state index in [2.05, 4.69) is 15.3 Å². The number of sulfonamides is 1. The standard InChI is InChI=1S/C26H27N3O6S/c1-19-12-13-20(2)24(14-19)29(36(32,33)23-10-5-4-6-11-23)17-25(30)28-27-16-21-8-7-9-22(15-21)35-18-26(31)34-3/h4-16H,17-18H2,1-3H3,(H,28,30)/b27-16-. The minimum atomic E-state index is -4.02. The third-order valence-electron chi connectivity index (χ3n) is 5.10. The van der Waals surface area contributed by atoms with Crippen LogP contribution in [0.1, 0.15) is 16.7 Å². The van der Waals surface area contributed by atoms with Gasteiger partial charge in [0.2, 0.25) is 0 Å². The molecule has 1 amide bonds. The molecule has 0 aliphatic carbocycles. The number of anilines is 1. The Kier molecular flexibility index (Phi) is 8.80. The Balaban J connectivity index is 1.77. The predicted octanol–water partition coefficient (Wildman–Crippen LogP) is 3.20. The number of rotatable bonds is 10. The summed E-state index contributed by atoms with van der Waals surface area (Å²) in [5.41, 5.74) is 4.95. The van der Waals surface area contributed by atoms with Crippen molar-refractivity contribution in [2.75, 3.05) is 24.6 Å². The first-order valence-corrected chi connectivity index (χ1v) is 12.4. The van der Waals surface area contributed by atoms with Gasteiger partial charge in [0.25, 0.3) is 15.9 Å². The van der Waals surface area contributed by atoms with E-state index in [4.69, 9.17) is 4.74 Å². The monoisotopic (exact) mass is 509 g/mol. The van der Waals surface area contributed by atoms with Crippen molar-refractivity contribution in [1.29, 1.82) is 0 Å². The normalized spacial score (nSPS) is 11.2. The predicted molar refractivity (Wildman–Crippen MR) is 137 cm³/mol. The van der Waals surface area contributed by atoms with Crippen LogP contribution in [-0.4, -0.2) is 46.8 Å². The summed E-state index contributed by atoms with van der Waals surface area (Å²) in [6.07, 6.45) is 1.39. The van der Waals surface area contributed by atoms with Crippen LogP contribution < -0.4 is 14.5 Å². The summed E-state index contributed by atoms with van der Waals surface area (Å²) < 4.78 is 37.9. The molecular formula is C26H27N3O6S. The van der Waals surface area contributed by atoms with Gasteiger partial charge in [-0.25, -0.2) is 18.6 Å². The number of hydrogen-bond donors (Lipinski definition) is 1. The lowest BCUT2D eigenvalue weighted by Gasteiger charge is -2.25. The van der Waals surface area contributed by atoms with Gasteiger partial charge >= 0.3 is 5.97 Å². The van der Waals surface area contributed by atoms with Crippen LogP contribution in [0.5, 0.6) is 5.75 Å². The number of hydrogen-bond acceptors (Lipinski definition) is 7. The maximum absolute atomic E-state index is 13.5. The Hall–Kier alpha value is -4.18. The molecule has 0 atom stereocenters. The summed E-state index contributed by atoms with van der Waals surface area (Å²) in [4.78, 5) is 24.1. The van der Waals surface area contributed by atoms with E-state index in [1.165, 1.54) is 25.5 Å². The molecule has 1 N–H and O–H groups in total. The molecule has 10 heteroatoms. The second kappa shape index (κ2) is 12.0. The molecule has 0 fully saturated rings. The van der Waals surface area contributed by atoms with Crippen molar-refractivity contribution < 1.29 is 27.5 Å². The van der Waals surface area contributed by atoms with Gasteiger partial charge in [-0.15, -0.1) is 0 Å². The molecule has 0 aliphatic rings. The van der Waals surface area contributed by atoms with E-state index in [1.807, 2.05) is 19.1 Å². The number of amides is 1. The van der Waals surface area contributed by atoms with Crippen molar-refractivity contribution in [2.45, 2.75) is 18.7 Å². The van der Waals surface area contributed by atoms with Gasteiger partial charge in [0.1, 0.15) is 12.3 Å². The van der Waals surface area contributed by atoms with Crippen LogP contribution >= 0.6 is 0 Å². The fourth-order valence-corrected chi connectivity index (χ4v) is 4.74. The summed E-state index contributed by atoms with van der Waals surface area (Å²) in [5.74, 6) is -0.712. The average molecular weight is 510 g/mol. The number of carbonyl (C=O) groups is 2. The highest BCUT2D eigenvalue weighted by Gasteiger charge is 2.28. The molecule has 0 aliphatic heterocycles. The van der Waals surface area contributed by atoms with Crippen LogP contribution in [0, 0.1) is 13.8 Å². The number of methoxy groups -OCH3 is 1. The molecule has 0 radical (unpaired) electrons. The zero-order valence-electron chi connectivity index (χ0n) is 20.2. The topological polar surface area (TPSA) is 114 Å². The Bertz CT molecular complexity index is 1360. The SMILES string of the molecule is COC(=O)COc1cccc(/C=N\NC(=O)CN(c2cc(C)ccc2C)S(=O)(=O)c2ccccc2)c1. The van der Waals surface area contributed by atoms with Gasteiger partial charge in [-0.3, -0.25) is 9.10 Å². The molecule has 0 unspecified atom stereocenters. The minimum Gasteiger partial charge on any atom is -0.482 e. The van der Waals surface area contributed by atoms with E-state index in [1.54, 1.807) is 55.5 Å². The smallest absolute Gasteiger partial charge is 0.343 e. The van der Waals surface area contributed by atoms with E-state index < -0.39 is 28.4 Å². The largest absolute Gasteiger partial charge is 0.482 e. The number of nitrogens with zero attached hydrogens (tertiary/aromatic N) is 2. The van der Waals surface area contributed by atoms with Crippen LogP contribution in [0.15, 0.2) is 82.8 Å². The molecule has 0 spiro atoms. The molecule has 0 bridgehead atoms. The molecule has 0 saturated heterocycles. The lowest BCUT2D eigenvalue weighted by atomic mass is 10.1. The molecule has 0 saturated carbocycles. The van der Waals surface area contributed by atoms with Crippen molar-refractivity contribution in [2.24, 2.45) is 5.10 Å². The van der Waals surface area contributed by atoms with Crippen LogP contribution in [0.3, 0.4) is 0 Å². The Morgan fingerprint density at radius 2 is 1.75 bits per heavy atom. The summed E-state index contributed by atoms with van der Waals surface area (Å²) >= 11 is 0. The van der Waals surface area contributed by atoms with E-state index in [0.717, 1.165) is 9.87 Å². The van der Waals surface area contributed by atoms with E-state index in [9.17, 15) is 18.0 Å². The van der Waals surface area contributed by atoms with E-state index in [0.29, 0.717) is 22.6 Å². The minimum absolute atomic E-state index is 0.0750. The highest BCUT2D eigenvalue weighted by Crippen LogP contribution is 2.27. The van der Waals surface area contributed by atoms with Crippen molar-refractivity contribution in [1.82, 2.24) is 5.43 Å². The highest BCUT2D eigenvalue weighted by atomic mass is 32.2. The Morgan fingerprint density at radius 3 is 2.47 bits per heavy atom. The Labute approximate surface area is 210 Å². The number of aryl methyl sites for hydroxylation is 2. The van der Waals surface area contributed by atoms with Gasteiger partial charge in [-0.05, 0) is 60.9 Å². The third kappa shape index (κ3) is 6.92. The molecule has 0 heterocycles. The van der Waals surface area contributed by atoms with Gasteiger partial charge in [0.05, 0.1) is 23.9 Å². The average Bonchev–Trinajstić information content (AvgIpc) is 2.88. The fraction of sp³-hybridized carbons (Fsp3) is 0.192. The lowest BCUT2D eigenvalue weighted by molar-refractivity contribution is -0.142. The second-order valence-electron chi connectivity index (χ2n) is 7.85. The fourth-order valence-electron chi connectivity index (χ4n) is 3.24. The van der Waals surface area contributed by atoms with Crippen LogP contribution in [0.2, 0.25) is 0 Å². The first-order valence-electron chi connectivity index (χ1n) is 11.0. The van der Waals surface area contributed by atoms with E-state index in [-0.39, 0.29) is 11.5 Å². The van der Waals surface area contributed by atoms with Crippen molar-refractivity contribution in [3.8, 4) is 5.75 Å². The number of benzene rings is 3. The molecule has 3 rings (SSSR count). The maximum Gasteiger partial charge on any atom is 0.343 e. The number of esters is 1. The summed E-state index contributed by atoms with van der Waals surface area (Å²) in [5, 5.41) is 3.94. The quantitative estimate of drug-likeness (QED) is 0.255. The lowest BCUT2D eigenvalue weighted by Crippen LogP contribution is -2.40. The molecule has 36 heavy (non-hydrogen) atoms. The van der Waals surface area contributed by atoms with Gasteiger partial charge < -0.3 is 9.47 Å². The number of ether oxygens (including phenoxy) is 2. The van der Waals surface area contributed by atoms with Gasteiger partial charge in [-0.1, -0.05) is 42.5 Å². The maximum atomic E-state index is 13.5. The third-order valence-corrected chi connectivity index (χ3v) is 6.87. The van der Waals surface area contributed by atoms with Crippen molar-refractivity contribution >= 4 is 33.8 Å². The van der Waals surface area contributed by atoms with Crippen LogP contribution in [0.4, 0.5) is 5.69 Å². The molecular weight excluding hydrogens is 482 g/mol. The number of nitrogens with one attached hydrogen (secondary N) is 1.